The van der Waals surface area contributed by atoms with Gasteiger partial charge in [0.2, 0.25) is 11.8 Å². The molecule has 0 saturated carbocycles. The second-order valence-corrected chi connectivity index (χ2v) is 6.78. The van der Waals surface area contributed by atoms with Gasteiger partial charge in [0.05, 0.1) is 17.6 Å². The first-order valence-corrected chi connectivity index (χ1v) is 9.10. The summed E-state index contributed by atoms with van der Waals surface area (Å²) in [7, 11) is 0. The van der Waals surface area contributed by atoms with Crippen molar-refractivity contribution in [1.29, 1.82) is 0 Å². The molecule has 4 aromatic rings. The molecule has 0 saturated heterocycles. The van der Waals surface area contributed by atoms with E-state index in [4.69, 9.17) is 10.3 Å². The summed E-state index contributed by atoms with van der Waals surface area (Å²) in [5.74, 6) is 7.57. The van der Waals surface area contributed by atoms with Gasteiger partial charge in [-0.25, -0.2) is 9.66 Å². The van der Waals surface area contributed by atoms with Crippen LogP contribution in [-0.2, 0) is 5.75 Å². The summed E-state index contributed by atoms with van der Waals surface area (Å²) in [5.41, 5.74) is 3.96. The maximum Gasteiger partial charge on any atom is 0.247 e. The molecule has 0 atom stereocenters. The molecular formula is C19H17N5OS. The van der Waals surface area contributed by atoms with E-state index < -0.39 is 0 Å². The number of nitrogens with two attached hydrogens (primary N) is 1. The Kier molecular flexibility index (Phi) is 4.45. The van der Waals surface area contributed by atoms with Crippen molar-refractivity contribution >= 4 is 11.8 Å². The highest BCUT2D eigenvalue weighted by Crippen LogP contribution is 2.26. The number of aromatic nitrogens is 4. The zero-order valence-corrected chi connectivity index (χ0v) is 15.0. The summed E-state index contributed by atoms with van der Waals surface area (Å²) in [4.78, 5) is 4.58. The van der Waals surface area contributed by atoms with Crippen molar-refractivity contribution in [2.75, 3.05) is 5.84 Å². The summed E-state index contributed by atoms with van der Waals surface area (Å²) in [6.07, 6.45) is 1.81. The SMILES string of the molecule is Cc1ccc(-c2nnc(CSc3nc(-c4ccccc4)cn3N)o2)cc1. The summed E-state index contributed by atoms with van der Waals surface area (Å²) < 4.78 is 7.26. The Labute approximate surface area is 155 Å². The molecule has 26 heavy (non-hydrogen) atoms. The van der Waals surface area contributed by atoms with E-state index >= 15 is 0 Å². The van der Waals surface area contributed by atoms with Gasteiger partial charge in [-0.3, -0.25) is 0 Å². The predicted octanol–water partition coefficient (Wildman–Crippen LogP) is 3.91. The van der Waals surface area contributed by atoms with Gasteiger partial charge in [0, 0.05) is 11.1 Å². The zero-order valence-electron chi connectivity index (χ0n) is 14.2. The Morgan fingerprint density at radius 1 is 1.00 bits per heavy atom. The minimum absolute atomic E-state index is 0.501. The highest BCUT2D eigenvalue weighted by molar-refractivity contribution is 7.98. The van der Waals surface area contributed by atoms with Gasteiger partial charge >= 0.3 is 0 Å². The number of benzene rings is 2. The van der Waals surface area contributed by atoms with Crippen LogP contribution in [0.25, 0.3) is 22.7 Å². The van der Waals surface area contributed by atoms with Gasteiger partial charge in [0.15, 0.2) is 5.16 Å². The highest BCUT2D eigenvalue weighted by atomic mass is 32.2. The number of imidazole rings is 1. The van der Waals surface area contributed by atoms with Crippen LogP contribution >= 0.6 is 11.8 Å². The minimum atomic E-state index is 0.501. The van der Waals surface area contributed by atoms with E-state index in [1.54, 1.807) is 0 Å². The first kappa shape index (κ1) is 16.4. The van der Waals surface area contributed by atoms with Gasteiger partial charge in [0.25, 0.3) is 0 Å². The Balaban J connectivity index is 1.46. The number of aryl methyl sites for hydroxylation is 1. The third kappa shape index (κ3) is 3.48. The van der Waals surface area contributed by atoms with Crippen molar-refractivity contribution in [1.82, 2.24) is 19.9 Å². The number of hydrogen-bond donors (Lipinski definition) is 1. The van der Waals surface area contributed by atoms with Crippen molar-refractivity contribution in [3.05, 3.63) is 72.2 Å². The van der Waals surface area contributed by atoms with Crippen LogP contribution in [0.3, 0.4) is 0 Å². The molecule has 0 fully saturated rings. The number of nitrogen functional groups attached to an aromatic ring is 1. The molecule has 0 unspecified atom stereocenters. The lowest BCUT2D eigenvalue weighted by Crippen LogP contribution is -2.07. The molecule has 0 spiro atoms. The van der Waals surface area contributed by atoms with Crippen LogP contribution in [0.5, 0.6) is 0 Å². The Hall–Kier alpha value is -3.06. The molecule has 130 valence electrons. The van der Waals surface area contributed by atoms with E-state index in [2.05, 4.69) is 15.2 Å². The van der Waals surface area contributed by atoms with Gasteiger partial charge in [0.1, 0.15) is 0 Å². The number of thioether (sulfide) groups is 1. The van der Waals surface area contributed by atoms with Gasteiger partial charge in [-0.1, -0.05) is 59.8 Å². The standard InChI is InChI=1S/C19H17N5OS/c1-13-7-9-15(10-8-13)18-23-22-17(25-18)12-26-19-21-16(11-24(19)20)14-5-3-2-4-6-14/h2-11H,12,20H2,1H3. The molecule has 4 rings (SSSR count). The second kappa shape index (κ2) is 7.05. The number of rotatable bonds is 5. The topological polar surface area (TPSA) is 82.8 Å². The fourth-order valence-corrected chi connectivity index (χ4v) is 3.22. The summed E-state index contributed by atoms with van der Waals surface area (Å²) in [5, 5.41) is 8.92. The quantitative estimate of drug-likeness (QED) is 0.427. The predicted molar refractivity (Wildman–Crippen MR) is 102 cm³/mol. The van der Waals surface area contributed by atoms with E-state index in [9.17, 15) is 0 Å². The third-order valence-corrected chi connectivity index (χ3v) is 4.81. The first-order valence-electron chi connectivity index (χ1n) is 8.11. The molecular weight excluding hydrogens is 346 g/mol. The van der Waals surface area contributed by atoms with Crippen molar-refractivity contribution < 1.29 is 4.42 Å². The van der Waals surface area contributed by atoms with Crippen LogP contribution in [0.4, 0.5) is 0 Å². The lowest BCUT2D eigenvalue weighted by Gasteiger charge is -1.98. The second-order valence-electron chi connectivity index (χ2n) is 5.84. The molecule has 2 aromatic carbocycles. The lowest BCUT2D eigenvalue weighted by atomic mass is 10.1. The summed E-state index contributed by atoms with van der Waals surface area (Å²) in [6, 6.07) is 17.9. The largest absolute Gasteiger partial charge is 0.420 e. The van der Waals surface area contributed by atoms with Gasteiger partial charge in [-0.15, -0.1) is 10.2 Å². The zero-order chi connectivity index (χ0) is 17.9. The van der Waals surface area contributed by atoms with Crippen molar-refractivity contribution in [3.8, 4) is 22.7 Å². The molecule has 7 heteroatoms. The molecule has 2 heterocycles. The van der Waals surface area contributed by atoms with Crippen LogP contribution in [0.15, 0.2) is 70.4 Å². The van der Waals surface area contributed by atoms with E-state index in [1.165, 1.54) is 22.0 Å². The van der Waals surface area contributed by atoms with Crippen molar-refractivity contribution in [2.45, 2.75) is 17.8 Å². The summed E-state index contributed by atoms with van der Waals surface area (Å²) in [6.45, 7) is 2.04. The van der Waals surface area contributed by atoms with Gasteiger partial charge in [-0.2, -0.15) is 0 Å². The van der Waals surface area contributed by atoms with E-state index in [-0.39, 0.29) is 0 Å². The maximum atomic E-state index is 6.02. The lowest BCUT2D eigenvalue weighted by molar-refractivity contribution is 0.528. The maximum absolute atomic E-state index is 6.02. The number of nitrogens with zero attached hydrogens (tertiary/aromatic N) is 4. The molecule has 2 N–H and O–H groups in total. The highest BCUT2D eigenvalue weighted by Gasteiger charge is 2.12. The molecule has 0 radical (unpaired) electrons. The average molecular weight is 363 g/mol. The van der Waals surface area contributed by atoms with Crippen LogP contribution in [0.1, 0.15) is 11.5 Å². The van der Waals surface area contributed by atoms with E-state index in [0.29, 0.717) is 22.7 Å². The minimum Gasteiger partial charge on any atom is -0.420 e. The van der Waals surface area contributed by atoms with Crippen LogP contribution in [0, 0.1) is 6.92 Å². The molecule has 0 amide bonds. The smallest absolute Gasteiger partial charge is 0.247 e. The Bertz CT molecular complexity index is 1010. The van der Waals surface area contributed by atoms with Crippen LogP contribution in [0.2, 0.25) is 0 Å². The number of hydrogen-bond acceptors (Lipinski definition) is 6. The molecule has 0 aliphatic rings. The Morgan fingerprint density at radius 3 is 2.54 bits per heavy atom. The Morgan fingerprint density at radius 2 is 1.77 bits per heavy atom. The fourth-order valence-electron chi connectivity index (χ4n) is 2.48. The van der Waals surface area contributed by atoms with Crippen molar-refractivity contribution in [3.63, 3.8) is 0 Å². The molecule has 6 nitrogen and oxygen atoms in total. The third-order valence-electron chi connectivity index (χ3n) is 3.86. The van der Waals surface area contributed by atoms with Crippen molar-refractivity contribution in [2.24, 2.45) is 0 Å². The average Bonchev–Trinajstić information content (AvgIpc) is 3.28. The monoisotopic (exact) mass is 363 g/mol. The normalized spacial score (nSPS) is 11.0. The van der Waals surface area contributed by atoms with E-state index in [0.717, 1.165) is 16.8 Å². The van der Waals surface area contributed by atoms with E-state index in [1.807, 2.05) is 67.7 Å². The van der Waals surface area contributed by atoms with Crippen LogP contribution in [-0.4, -0.2) is 19.9 Å². The van der Waals surface area contributed by atoms with Gasteiger partial charge < -0.3 is 10.3 Å². The molecule has 0 aliphatic carbocycles. The van der Waals surface area contributed by atoms with Gasteiger partial charge in [-0.05, 0) is 19.1 Å². The summed E-state index contributed by atoms with van der Waals surface area (Å²) >= 11 is 1.46. The van der Waals surface area contributed by atoms with Crippen LogP contribution < -0.4 is 5.84 Å². The fraction of sp³-hybridized carbons (Fsp3) is 0.105. The molecule has 0 bridgehead atoms. The first-order chi connectivity index (χ1) is 12.7. The molecule has 2 aromatic heterocycles. The molecule has 0 aliphatic heterocycles.